The van der Waals surface area contributed by atoms with Crippen LogP contribution in [0.25, 0.3) is 10.8 Å². The fraction of sp³-hybridized carbons (Fsp3) is 0.0909. The second-order valence-electron chi connectivity index (χ2n) is 3.25. The molecule has 2 aromatic carbocycles. The fourth-order valence-electron chi connectivity index (χ4n) is 1.57. The molecule has 0 unspecified atom stereocenters. The van der Waals surface area contributed by atoms with Crippen LogP contribution >= 0.6 is 8.25 Å². The number of hydrogen-bond donors (Lipinski definition) is 4. The first-order chi connectivity index (χ1) is 8.06. The van der Waals surface area contributed by atoms with Gasteiger partial charge in [0.25, 0.3) is 0 Å². The van der Waals surface area contributed by atoms with Gasteiger partial charge in [-0.3, -0.25) is 0 Å². The molecule has 6 heteroatoms. The summed E-state index contributed by atoms with van der Waals surface area (Å²) in [7, 11) is -0.983. The van der Waals surface area contributed by atoms with E-state index in [2.05, 4.69) is 17.4 Å². The Morgan fingerprint density at radius 1 is 1.18 bits per heavy atom. The van der Waals surface area contributed by atoms with Crippen LogP contribution < -0.4 is 11.1 Å². The van der Waals surface area contributed by atoms with Gasteiger partial charge in [0.05, 0.1) is 11.4 Å². The molecule has 0 spiro atoms. The van der Waals surface area contributed by atoms with E-state index in [9.17, 15) is 0 Å². The van der Waals surface area contributed by atoms with Gasteiger partial charge >= 0.3 is 8.25 Å². The van der Waals surface area contributed by atoms with Gasteiger partial charge in [-0.1, -0.05) is 30.3 Å². The minimum atomic E-state index is -2.87. The Morgan fingerprint density at radius 2 is 1.76 bits per heavy atom. The van der Waals surface area contributed by atoms with E-state index in [1.807, 2.05) is 31.3 Å². The Morgan fingerprint density at radius 3 is 2.35 bits per heavy atom. The van der Waals surface area contributed by atoms with Crippen LogP contribution in [0.15, 0.2) is 36.4 Å². The van der Waals surface area contributed by atoms with E-state index in [1.165, 1.54) is 10.8 Å². The summed E-state index contributed by atoms with van der Waals surface area (Å²) in [6.45, 7) is 0. The second-order valence-corrected chi connectivity index (χ2v) is 3.76. The van der Waals surface area contributed by atoms with E-state index >= 15 is 0 Å². The molecule has 2 aromatic rings. The van der Waals surface area contributed by atoms with E-state index in [0.717, 1.165) is 11.4 Å². The van der Waals surface area contributed by atoms with Crippen molar-refractivity contribution in [1.82, 2.24) is 0 Å². The van der Waals surface area contributed by atoms with Crippen LogP contribution in [-0.2, 0) is 4.57 Å². The predicted molar refractivity (Wildman–Crippen MR) is 70.0 cm³/mol. The monoisotopic (exact) mass is 253 g/mol. The van der Waals surface area contributed by atoms with E-state index in [4.69, 9.17) is 20.1 Å². The maximum absolute atomic E-state index is 8.70. The summed E-state index contributed by atoms with van der Waals surface area (Å²) in [6, 6.07) is 12.1. The average molecular weight is 253 g/mol. The number of fused-ring (bicyclic) bond motifs is 1. The molecule has 17 heavy (non-hydrogen) atoms. The second kappa shape index (κ2) is 6.15. The molecule has 2 rings (SSSR count). The molecule has 0 radical (unpaired) electrons. The van der Waals surface area contributed by atoms with Crippen molar-refractivity contribution < 1.29 is 14.4 Å². The molecule has 0 atom stereocenters. The Hall–Kier alpha value is -1.68. The van der Waals surface area contributed by atoms with Crippen molar-refractivity contribution >= 4 is 30.4 Å². The summed E-state index contributed by atoms with van der Waals surface area (Å²) < 4.78 is 8.70. The summed E-state index contributed by atoms with van der Waals surface area (Å²) in [5, 5.41) is 5.49. The van der Waals surface area contributed by atoms with Gasteiger partial charge in [0.2, 0.25) is 0 Å². The third kappa shape index (κ3) is 3.67. The molecule has 0 amide bonds. The average Bonchev–Trinajstić information content (AvgIpc) is 2.28. The molecule has 0 heterocycles. The maximum atomic E-state index is 8.70. The minimum absolute atomic E-state index is 0.793. The van der Waals surface area contributed by atoms with Crippen LogP contribution in [0.5, 0.6) is 0 Å². The molecule has 5 nitrogen and oxygen atoms in total. The maximum Gasteiger partial charge on any atom is 0.692 e. The molecular formula is C11H14N2O3P+. The highest BCUT2D eigenvalue weighted by Gasteiger charge is 2.01. The molecule has 0 saturated heterocycles. The molecule has 0 aromatic heterocycles. The van der Waals surface area contributed by atoms with E-state index in [-0.39, 0.29) is 0 Å². The van der Waals surface area contributed by atoms with Gasteiger partial charge in [-0.15, -0.1) is 9.79 Å². The molecule has 0 saturated carbocycles. The largest absolute Gasteiger partial charge is 0.692 e. The smallest absolute Gasteiger partial charge is 0.397 e. The number of nitrogen functional groups attached to an aromatic ring is 1. The van der Waals surface area contributed by atoms with Crippen molar-refractivity contribution in [2.45, 2.75) is 0 Å². The fourth-order valence-corrected chi connectivity index (χ4v) is 1.57. The van der Waals surface area contributed by atoms with Crippen LogP contribution in [0.4, 0.5) is 11.4 Å². The first kappa shape index (κ1) is 13.4. The zero-order valence-corrected chi connectivity index (χ0v) is 10.2. The van der Waals surface area contributed by atoms with Crippen molar-refractivity contribution in [3.8, 4) is 0 Å². The van der Waals surface area contributed by atoms with Gasteiger partial charge in [0, 0.05) is 17.0 Å². The number of hydrogen-bond acceptors (Lipinski definition) is 3. The van der Waals surface area contributed by atoms with E-state index in [1.54, 1.807) is 0 Å². The Kier molecular flexibility index (Phi) is 4.84. The van der Waals surface area contributed by atoms with Crippen LogP contribution in [-0.4, -0.2) is 16.8 Å². The first-order valence-corrected chi connectivity index (χ1v) is 6.02. The molecule has 5 N–H and O–H groups in total. The number of nitrogens with one attached hydrogen (secondary N) is 1. The van der Waals surface area contributed by atoms with Gasteiger partial charge in [0.15, 0.2) is 0 Å². The SMILES string of the molecule is CNc1c(N)ccc2ccccc12.O=[P+](O)O. The Labute approximate surface area is 99.8 Å². The van der Waals surface area contributed by atoms with Crippen LogP contribution in [0.1, 0.15) is 0 Å². The summed E-state index contributed by atoms with van der Waals surface area (Å²) in [5.41, 5.74) is 7.64. The highest BCUT2D eigenvalue weighted by atomic mass is 31.1. The molecule has 0 aliphatic heterocycles. The molecule has 0 aliphatic rings. The van der Waals surface area contributed by atoms with Crippen molar-refractivity contribution in [2.75, 3.05) is 18.1 Å². The topological polar surface area (TPSA) is 95.6 Å². The molecular weight excluding hydrogens is 239 g/mol. The van der Waals surface area contributed by atoms with E-state index < -0.39 is 8.25 Å². The highest BCUT2D eigenvalue weighted by molar-refractivity contribution is 7.30. The van der Waals surface area contributed by atoms with Gasteiger partial charge in [-0.05, 0) is 11.5 Å². The minimum Gasteiger partial charge on any atom is -0.397 e. The molecule has 90 valence electrons. The van der Waals surface area contributed by atoms with Crippen LogP contribution in [0.3, 0.4) is 0 Å². The summed E-state index contributed by atoms with van der Waals surface area (Å²) in [6.07, 6.45) is 0. The normalized spacial score (nSPS) is 9.35. The number of rotatable bonds is 1. The zero-order chi connectivity index (χ0) is 12.8. The molecule has 0 bridgehead atoms. The molecule has 0 aliphatic carbocycles. The van der Waals surface area contributed by atoms with Crippen molar-refractivity contribution in [1.29, 1.82) is 0 Å². The van der Waals surface area contributed by atoms with Gasteiger partial charge in [-0.2, -0.15) is 0 Å². The predicted octanol–water partition coefficient (Wildman–Crippen LogP) is 2.09. The lowest BCUT2D eigenvalue weighted by atomic mass is 10.1. The van der Waals surface area contributed by atoms with Gasteiger partial charge in [0.1, 0.15) is 0 Å². The lowest BCUT2D eigenvalue weighted by molar-refractivity contribution is 0.405. The lowest BCUT2D eigenvalue weighted by Gasteiger charge is -2.08. The standard InChI is InChI=1S/C11H12N2.HO3P/c1-13-11-9-5-3-2-4-8(9)6-7-10(11)12;1-4(2)3/h2-7,13H,12H2,1H3;(H-,1,2,3)/p+1. The van der Waals surface area contributed by atoms with Crippen LogP contribution in [0, 0.1) is 0 Å². The Balaban J connectivity index is 0.000000317. The summed E-state index contributed by atoms with van der Waals surface area (Å²) in [5.74, 6) is 0. The van der Waals surface area contributed by atoms with E-state index in [0.29, 0.717) is 0 Å². The lowest BCUT2D eigenvalue weighted by Crippen LogP contribution is -1.96. The van der Waals surface area contributed by atoms with Gasteiger partial charge in [-0.25, -0.2) is 0 Å². The van der Waals surface area contributed by atoms with Gasteiger partial charge < -0.3 is 11.1 Å². The Bertz CT molecular complexity index is 527. The summed E-state index contributed by atoms with van der Waals surface area (Å²) >= 11 is 0. The summed E-state index contributed by atoms with van der Waals surface area (Å²) in [4.78, 5) is 14.2. The molecule has 0 fully saturated rings. The van der Waals surface area contributed by atoms with Crippen LogP contribution in [0.2, 0.25) is 0 Å². The van der Waals surface area contributed by atoms with Crippen molar-refractivity contribution in [3.05, 3.63) is 36.4 Å². The third-order valence-electron chi connectivity index (χ3n) is 2.21. The number of anilines is 2. The van der Waals surface area contributed by atoms with Crippen molar-refractivity contribution in [3.63, 3.8) is 0 Å². The first-order valence-electron chi connectivity index (χ1n) is 4.86. The van der Waals surface area contributed by atoms with Crippen molar-refractivity contribution in [2.24, 2.45) is 0 Å². The zero-order valence-electron chi connectivity index (χ0n) is 9.29. The number of benzene rings is 2. The third-order valence-corrected chi connectivity index (χ3v) is 2.21. The number of nitrogens with two attached hydrogens (primary N) is 1. The highest BCUT2D eigenvalue weighted by Crippen LogP contribution is 2.28. The quantitative estimate of drug-likeness (QED) is 0.461.